The predicted molar refractivity (Wildman–Crippen MR) is 85.0 cm³/mol. The van der Waals surface area contributed by atoms with Gasteiger partial charge in [-0.25, -0.2) is 4.79 Å². The van der Waals surface area contributed by atoms with E-state index in [1.165, 1.54) is 9.36 Å². The van der Waals surface area contributed by atoms with Gasteiger partial charge in [0.25, 0.3) is 11.5 Å². The lowest BCUT2D eigenvalue weighted by Crippen LogP contribution is -2.46. The van der Waals surface area contributed by atoms with Crippen LogP contribution in [-0.4, -0.2) is 46.5 Å². The number of carbonyl (C=O) groups excluding carboxylic acids is 1. The van der Waals surface area contributed by atoms with Crippen LogP contribution >= 0.6 is 0 Å². The van der Waals surface area contributed by atoms with E-state index in [1.54, 1.807) is 6.92 Å². The second-order valence-electron chi connectivity index (χ2n) is 6.19. The first-order valence-electron chi connectivity index (χ1n) is 7.97. The zero-order valence-corrected chi connectivity index (χ0v) is 13.7. The molecule has 134 valence electrons. The minimum atomic E-state index is -0.891. The first-order valence-corrected chi connectivity index (χ1v) is 7.97. The van der Waals surface area contributed by atoms with E-state index in [9.17, 15) is 19.5 Å². The summed E-state index contributed by atoms with van der Waals surface area (Å²) in [4.78, 5) is 37.8. The van der Waals surface area contributed by atoms with Gasteiger partial charge in [0.2, 0.25) is 0 Å². The molecule has 1 saturated carbocycles. The lowest BCUT2D eigenvalue weighted by Gasteiger charge is -2.27. The van der Waals surface area contributed by atoms with Crippen molar-refractivity contribution in [3.63, 3.8) is 0 Å². The molecule has 2 aromatic heterocycles. The number of nitrogens with two attached hydrogens (primary N) is 1. The van der Waals surface area contributed by atoms with Gasteiger partial charge in [-0.3, -0.25) is 18.7 Å². The highest BCUT2D eigenvalue weighted by molar-refractivity contribution is 5.92. The molecule has 0 bridgehead atoms. The maximum absolute atomic E-state index is 12.6. The molecule has 1 amide bonds. The number of aliphatic hydroxyl groups is 1. The van der Waals surface area contributed by atoms with Crippen LogP contribution in [0.2, 0.25) is 0 Å². The number of carbonyl (C=O) groups is 1. The molecule has 2 heterocycles. The number of rotatable bonds is 6. The van der Waals surface area contributed by atoms with Gasteiger partial charge < -0.3 is 10.8 Å². The van der Waals surface area contributed by atoms with Crippen molar-refractivity contribution < 1.29 is 9.90 Å². The van der Waals surface area contributed by atoms with E-state index < -0.39 is 23.3 Å². The molecule has 11 heteroatoms. The van der Waals surface area contributed by atoms with Gasteiger partial charge >= 0.3 is 5.69 Å². The van der Waals surface area contributed by atoms with Gasteiger partial charge in [-0.2, -0.15) is 4.80 Å². The molecule has 1 atom stereocenters. The van der Waals surface area contributed by atoms with E-state index in [2.05, 4.69) is 15.4 Å². The van der Waals surface area contributed by atoms with Gasteiger partial charge in [0, 0.05) is 12.2 Å². The first-order chi connectivity index (χ1) is 11.9. The van der Waals surface area contributed by atoms with Crippen LogP contribution < -0.4 is 17.0 Å². The van der Waals surface area contributed by atoms with Crippen molar-refractivity contribution in [2.45, 2.75) is 51.4 Å². The van der Waals surface area contributed by atoms with Gasteiger partial charge in [-0.05, 0) is 31.4 Å². The van der Waals surface area contributed by atoms with Crippen molar-refractivity contribution in [2.75, 3.05) is 0 Å². The molecule has 0 aliphatic heterocycles. The van der Waals surface area contributed by atoms with E-state index in [0.717, 1.165) is 17.2 Å². The monoisotopic (exact) mass is 349 g/mol. The lowest BCUT2D eigenvalue weighted by atomic mass is 9.93. The second-order valence-corrected chi connectivity index (χ2v) is 6.19. The summed E-state index contributed by atoms with van der Waals surface area (Å²) in [6.45, 7) is 1.68. The van der Waals surface area contributed by atoms with Crippen molar-refractivity contribution in [2.24, 2.45) is 5.73 Å². The molecule has 0 radical (unpaired) electrons. The Hall–Kier alpha value is -2.82. The molecular formula is C14H19N7O4. The number of hydrogen-bond donors (Lipinski definition) is 2. The number of primary amides is 1. The molecule has 0 unspecified atom stereocenters. The van der Waals surface area contributed by atoms with E-state index in [-0.39, 0.29) is 30.5 Å². The number of nitrogens with zero attached hydrogens (tertiary/aromatic N) is 6. The Morgan fingerprint density at radius 3 is 2.72 bits per heavy atom. The summed E-state index contributed by atoms with van der Waals surface area (Å²) < 4.78 is 2.27. The van der Waals surface area contributed by atoms with Crippen molar-refractivity contribution in [3.05, 3.63) is 38.4 Å². The van der Waals surface area contributed by atoms with Crippen molar-refractivity contribution in [1.82, 2.24) is 29.3 Å². The standard InChI is InChI=1S/C14H19N7O4/c1-8(22)5-20-17-11(16-18-20)7-19-6-10(12(15)23)13(24)21(14(19)25)9-3-2-4-9/h6,8-9,22H,2-5,7H2,1H3,(H2,15,23)/t8-/m1/s1. The molecule has 2 aromatic rings. The lowest BCUT2D eigenvalue weighted by molar-refractivity contribution is 0.0996. The summed E-state index contributed by atoms with van der Waals surface area (Å²) in [6.07, 6.45) is 2.83. The summed E-state index contributed by atoms with van der Waals surface area (Å²) in [6, 6.07) is -0.218. The van der Waals surface area contributed by atoms with Crippen molar-refractivity contribution in [3.8, 4) is 0 Å². The highest BCUT2D eigenvalue weighted by Crippen LogP contribution is 2.28. The number of aliphatic hydroxyl groups excluding tert-OH is 1. The Bertz CT molecular complexity index is 907. The Morgan fingerprint density at radius 2 is 2.16 bits per heavy atom. The van der Waals surface area contributed by atoms with Crippen LogP contribution in [-0.2, 0) is 13.1 Å². The molecule has 1 aliphatic rings. The van der Waals surface area contributed by atoms with Crippen molar-refractivity contribution >= 4 is 5.91 Å². The molecular weight excluding hydrogens is 330 g/mol. The summed E-state index contributed by atoms with van der Waals surface area (Å²) >= 11 is 0. The van der Waals surface area contributed by atoms with Gasteiger partial charge in [-0.15, -0.1) is 10.2 Å². The molecule has 1 aliphatic carbocycles. The number of hydrogen-bond acceptors (Lipinski definition) is 7. The third-order valence-electron chi connectivity index (χ3n) is 4.12. The zero-order valence-electron chi connectivity index (χ0n) is 13.7. The highest BCUT2D eigenvalue weighted by atomic mass is 16.3. The maximum atomic E-state index is 12.6. The summed E-state index contributed by atoms with van der Waals surface area (Å²) in [5.41, 5.74) is 3.83. The van der Waals surface area contributed by atoms with Crippen LogP contribution in [0.4, 0.5) is 0 Å². The second kappa shape index (κ2) is 6.59. The van der Waals surface area contributed by atoms with Gasteiger partial charge in [0.1, 0.15) is 5.56 Å². The smallest absolute Gasteiger partial charge is 0.331 e. The summed E-state index contributed by atoms with van der Waals surface area (Å²) in [7, 11) is 0. The summed E-state index contributed by atoms with van der Waals surface area (Å²) in [5.74, 6) is -0.672. The van der Waals surface area contributed by atoms with Crippen LogP contribution in [0.3, 0.4) is 0 Å². The molecule has 0 spiro atoms. The Labute approximate surface area is 141 Å². The fourth-order valence-corrected chi connectivity index (χ4v) is 2.68. The fourth-order valence-electron chi connectivity index (χ4n) is 2.68. The fraction of sp³-hybridized carbons (Fsp3) is 0.571. The normalized spacial score (nSPS) is 15.8. The van der Waals surface area contributed by atoms with E-state index >= 15 is 0 Å². The number of amides is 1. The Kier molecular flexibility index (Phi) is 4.49. The molecule has 3 N–H and O–H groups in total. The predicted octanol–water partition coefficient (Wildman–Crippen LogP) is -1.75. The average Bonchev–Trinajstić information content (AvgIpc) is 2.90. The van der Waals surface area contributed by atoms with Crippen LogP contribution in [0.1, 0.15) is 48.4 Å². The average molecular weight is 349 g/mol. The molecule has 3 rings (SSSR count). The SMILES string of the molecule is C[C@@H](O)Cn1nnc(Cn2cc(C(N)=O)c(=O)n(C3CCC3)c2=O)n1. The number of aromatic nitrogens is 6. The van der Waals surface area contributed by atoms with Crippen LogP contribution in [0.25, 0.3) is 0 Å². The third kappa shape index (κ3) is 3.36. The zero-order chi connectivity index (χ0) is 18.1. The van der Waals surface area contributed by atoms with Gasteiger partial charge in [0.05, 0.1) is 19.2 Å². The van der Waals surface area contributed by atoms with E-state index in [0.29, 0.717) is 12.8 Å². The highest BCUT2D eigenvalue weighted by Gasteiger charge is 2.26. The summed E-state index contributed by atoms with van der Waals surface area (Å²) in [5, 5.41) is 21.0. The van der Waals surface area contributed by atoms with Crippen LogP contribution in [0.15, 0.2) is 15.8 Å². The van der Waals surface area contributed by atoms with Crippen LogP contribution in [0, 0.1) is 0 Å². The minimum Gasteiger partial charge on any atom is -0.391 e. The largest absolute Gasteiger partial charge is 0.391 e. The van der Waals surface area contributed by atoms with E-state index in [1.807, 2.05) is 0 Å². The maximum Gasteiger partial charge on any atom is 0.331 e. The van der Waals surface area contributed by atoms with Gasteiger partial charge in [0.15, 0.2) is 5.82 Å². The third-order valence-corrected chi connectivity index (χ3v) is 4.12. The van der Waals surface area contributed by atoms with Gasteiger partial charge in [-0.1, -0.05) is 0 Å². The Balaban J connectivity index is 1.99. The minimum absolute atomic E-state index is 0.0636. The molecule has 1 fully saturated rings. The molecule has 11 nitrogen and oxygen atoms in total. The molecule has 0 saturated heterocycles. The van der Waals surface area contributed by atoms with Crippen LogP contribution in [0.5, 0.6) is 0 Å². The topological polar surface area (TPSA) is 151 Å². The Morgan fingerprint density at radius 1 is 1.44 bits per heavy atom. The molecule has 0 aromatic carbocycles. The van der Waals surface area contributed by atoms with Crippen molar-refractivity contribution in [1.29, 1.82) is 0 Å². The first kappa shape index (κ1) is 17.0. The number of tetrazole rings is 1. The van der Waals surface area contributed by atoms with E-state index in [4.69, 9.17) is 5.73 Å². The quantitative estimate of drug-likeness (QED) is 0.627. The molecule has 25 heavy (non-hydrogen) atoms.